The van der Waals surface area contributed by atoms with Gasteiger partial charge in [0.05, 0.1) is 5.39 Å². The Kier molecular flexibility index (Phi) is 3.27. The Labute approximate surface area is 133 Å². The van der Waals surface area contributed by atoms with E-state index in [0.717, 1.165) is 36.0 Å². The molecule has 3 aromatic rings. The molecule has 0 spiro atoms. The Balaban J connectivity index is 1.95. The third kappa shape index (κ3) is 2.44. The highest BCUT2D eigenvalue weighted by molar-refractivity contribution is 5.86. The standard InChI is InChI=1S/C20H16O3/c21-15-9-10-16-18(12-15)23-20-14(7-4-8-17(20)19(16)22)11-13-5-2-1-3-6-13/h1-3,5-6,9-12,21H,4,7-8H2/b14-11-. The molecule has 1 aliphatic carbocycles. The summed E-state index contributed by atoms with van der Waals surface area (Å²) < 4.78 is 6.00. The van der Waals surface area contributed by atoms with Gasteiger partial charge in [-0.2, -0.15) is 0 Å². The van der Waals surface area contributed by atoms with Crippen LogP contribution in [0.4, 0.5) is 0 Å². The molecule has 0 unspecified atom stereocenters. The summed E-state index contributed by atoms with van der Waals surface area (Å²) >= 11 is 0. The van der Waals surface area contributed by atoms with Crippen molar-refractivity contribution in [3.8, 4) is 5.75 Å². The summed E-state index contributed by atoms with van der Waals surface area (Å²) in [6.07, 6.45) is 4.64. The van der Waals surface area contributed by atoms with Gasteiger partial charge < -0.3 is 9.52 Å². The highest BCUT2D eigenvalue weighted by Gasteiger charge is 2.21. The predicted molar refractivity (Wildman–Crippen MR) is 91.4 cm³/mol. The van der Waals surface area contributed by atoms with Crippen LogP contribution >= 0.6 is 0 Å². The lowest BCUT2D eigenvalue weighted by Crippen LogP contribution is -2.15. The van der Waals surface area contributed by atoms with Crippen LogP contribution < -0.4 is 5.43 Å². The Morgan fingerprint density at radius 1 is 1.04 bits per heavy atom. The molecule has 0 bridgehead atoms. The number of hydrogen-bond donors (Lipinski definition) is 1. The Morgan fingerprint density at radius 3 is 2.70 bits per heavy atom. The number of phenols is 1. The number of fused-ring (bicyclic) bond motifs is 2. The lowest BCUT2D eigenvalue weighted by molar-refractivity contribution is 0.473. The van der Waals surface area contributed by atoms with E-state index >= 15 is 0 Å². The van der Waals surface area contributed by atoms with Gasteiger partial charge in [-0.1, -0.05) is 30.3 Å². The molecule has 3 nitrogen and oxygen atoms in total. The average Bonchev–Trinajstić information content (AvgIpc) is 2.56. The Bertz CT molecular complexity index is 965. The van der Waals surface area contributed by atoms with E-state index in [1.54, 1.807) is 6.07 Å². The maximum atomic E-state index is 12.7. The SMILES string of the molecule is O=c1c2c(oc3cc(O)ccc13)/C(=C\c1ccccc1)CCC2. The summed E-state index contributed by atoms with van der Waals surface area (Å²) in [5.41, 5.74) is 3.33. The fourth-order valence-electron chi connectivity index (χ4n) is 3.16. The van der Waals surface area contributed by atoms with Crippen molar-refractivity contribution in [2.24, 2.45) is 0 Å². The summed E-state index contributed by atoms with van der Waals surface area (Å²) in [5, 5.41) is 10.2. The van der Waals surface area contributed by atoms with Crippen molar-refractivity contribution < 1.29 is 9.52 Å². The number of hydrogen-bond acceptors (Lipinski definition) is 3. The zero-order chi connectivity index (χ0) is 15.8. The first kappa shape index (κ1) is 13.8. The van der Waals surface area contributed by atoms with Gasteiger partial charge in [-0.25, -0.2) is 0 Å². The molecule has 0 atom stereocenters. The van der Waals surface area contributed by atoms with Crippen molar-refractivity contribution in [2.45, 2.75) is 19.3 Å². The summed E-state index contributed by atoms with van der Waals surface area (Å²) in [4.78, 5) is 12.7. The molecule has 0 aliphatic heterocycles. The smallest absolute Gasteiger partial charge is 0.196 e. The van der Waals surface area contributed by atoms with Crippen molar-refractivity contribution in [3.63, 3.8) is 0 Å². The zero-order valence-corrected chi connectivity index (χ0v) is 12.6. The molecule has 1 N–H and O–H groups in total. The van der Waals surface area contributed by atoms with Gasteiger partial charge in [-0.3, -0.25) is 4.79 Å². The van der Waals surface area contributed by atoms with Gasteiger partial charge in [0, 0.05) is 11.6 Å². The van der Waals surface area contributed by atoms with E-state index in [9.17, 15) is 9.90 Å². The lowest BCUT2D eigenvalue weighted by atomic mass is 9.90. The van der Waals surface area contributed by atoms with Crippen molar-refractivity contribution in [3.05, 3.63) is 75.6 Å². The molecule has 0 saturated carbocycles. The van der Waals surface area contributed by atoms with Crippen LogP contribution in [0, 0.1) is 0 Å². The second-order valence-corrected chi connectivity index (χ2v) is 5.85. The molecular formula is C20H16O3. The second-order valence-electron chi connectivity index (χ2n) is 5.85. The molecule has 0 radical (unpaired) electrons. The van der Waals surface area contributed by atoms with Crippen LogP contribution in [-0.4, -0.2) is 5.11 Å². The zero-order valence-electron chi connectivity index (χ0n) is 12.6. The normalized spacial score (nSPS) is 15.7. The molecule has 0 amide bonds. The number of benzene rings is 2. The van der Waals surface area contributed by atoms with E-state index in [1.807, 2.05) is 30.3 Å². The number of phenolic OH excluding ortho intramolecular Hbond substituents is 1. The van der Waals surface area contributed by atoms with Crippen LogP contribution in [0.3, 0.4) is 0 Å². The van der Waals surface area contributed by atoms with Gasteiger partial charge in [0.1, 0.15) is 17.1 Å². The van der Waals surface area contributed by atoms with Crippen LogP contribution in [0.5, 0.6) is 5.75 Å². The maximum absolute atomic E-state index is 12.7. The number of rotatable bonds is 1. The van der Waals surface area contributed by atoms with Crippen LogP contribution in [0.2, 0.25) is 0 Å². The molecule has 114 valence electrons. The number of aromatic hydroxyl groups is 1. The van der Waals surface area contributed by atoms with Crippen molar-refractivity contribution in [1.29, 1.82) is 0 Å². The monoisotopic (exact) mass is 304 g/mol. The first-order valence-electron chi connectivity index (χ1n) is 7.77. The summed E-state index contributed by atoms with van der Waals surface area (Å²) in [6.45, 7) is 0. The fourth-order valence-corrected chi connectivity index (χ4v) is 3.16. The second kappa shape index (κ2) is 5.43. The molecule has 1 heterocycles. The minimum Gasteiger partial charge on any atom is -0.508 e. The summed E-state index contributed by atoms with van der Waals surface area (Å²) in [6, 6.07) is 14.7. The van der Waals surface area contributed by atoms with Gasteiger partial charge in [0.2, 0.25) is 0 Å². The van der Waals surface area contributed by atoms with Gasteiger partial charge in [-0.15, -0.1) is 0 Å². The van der Waals surface area contributed by atoms with Crippen molar-refractivity contribution in [2.75, 3.05) is 0 Å². The van der Waals surface area contributed by atoms with Crippen LogP contribution in [0.25, 0.3) is 22.6 Å². The molecule has 4 rings (SSSR count). The third-order valence-electron chi connectivity index (χ3n) is 4.28. The minimum absolute atomic E-state index is 0.0138. The number of allylic oxidation sites excluding steroid dienone is 1. The van der Waals surface area contributed by atoms with Crippen LogP contribution in [-0.2, 0) is 6.42 Å². The molecule has 2 aromatic carbocycles. The lowest BCUT2D eigenvalue weighted by Gasteiger charge is -2.18. The van der Waals surface area contributed by atoms with E-state index in [2.05, 4.69) is 6.08 Å². The molecule has 1 aliphatic rings. The van der Waals surface area contributed by atoms with E-state index in [1.165, 1.54) is 12.1 Å². The molecule has 23 heavy (non-hydrogen) atoms. The molecular weight excluding hydrogens is 288 g/mol. The van der Waals surface area contributed by atoms with Gasteiger partial charge in [0.25, 0.3) is 0 Å². The van der Waals surface area contributed by atoms with Gasteiger partial charge in [-0.05, 0) is 48.6 Å². The average molecular weight is 304 g/mol. The predicted octanol–water partition coefficient (Wildman–Crippen LogP) is 4.38. The first-order chi connectivity index (χ1) is 11.2. The van der Waals surface area contributed by atoms with Crippen molar-refractivity contribution in [1.82, 2.24) is 0 Å². The van der Waals surface area contributed by atoms with E-state index in [0.29, 0.717) is 16.7 Å². The molecule has 0 fully saturated rings. The molecule has 0 saturated heterocycles. The molecule has 1 aromatic heterocycles. The van der Waals surface area contributed by atoms with Crippen LogP contribution in [0.1, 0.15) is 29.7 Å². The summed E-state index contributed by atoms with van der Waals surface area (Å²) in [5.74, 6) is 0.771. The van der Waals surface area contributed by atoms with Gasteiger partial charge in [0.15, 0.2) is 5.43 Å². The quantitative estimate of drug-likeness (QED) is 0.726. The van der Waals surface area contributed by atoms with Crippen LogP contribution in [0.15, 0.2) is 57.7 Å². The highest BCUT2D eigenvalue weighted by atomic mass is 16.3. The van der Waals surface area contributed by atoms with E-state index in [-0.39, 0.29) is 11.2 Å². The fraction of sp³-hybridized carbons (Fsp3) is 0.150. The van der Waals surface area contributed by atoms with Crippen molar-refractivity contribution >= 4 is 22.6 Å². The Hall–Kier alpha value is -2.81. The minimum atomic E-state index is 0.0138. The van der Waals surface area contributed by atoms with Gasteiger partial charge >= 0.3 is 0 Å². The largest absolute Gasteiger partial charge is 0.508 e. The highest BCUT2D eigenvalue weighted by Crippen LogP contribution is 2.33. The Morgan fingerprint density at radius 2 is 1.87 bits per heavy atom. The topological polar surface area (TPSA) is 50.4 Å². The van der Waals surface area contributed by atoms with E-state index in [4.69, 9.17) is 4.42 Å². The maximum Gasteiger partial charge on any atom is 0.196 e. The molecule has 3 heteroatoms. The third-order valence-corrected chi connectivity index (χ3v) is 4.28. The van der Waals surface area contributed by atoms with E-state index < -0.39 is 0 Å². The summed E-state index contributed by atoms with van der Waals surface area (Å²) in [7, 11) is 0. The first-order valence-corrected chi connectivity index (χ1v) is 7.77.